The molecule has 120 heavy (non-hydrogen) atoms. The lowest BCUT2D eigenvalue weighted by Crippen LogP contribution is -2.58. The van der Waals surface area contributed by atoms with Crippen LogP contribution in [-0.4, -0.2) is 301 Å². The molecule has 0 aliphatic carbocycles. The van der Waals surface area contributed by atoms with Gasteiger partial charge in [0.2, 0.25) is 47.3 Å². The number of H-pyrrole nitrogens is 4. The lowest BCUT2D eigenvalue weighted by atomic mass is 10.1. The Morgan fingerprint density at radius 3 is 1.21 bits per heavy atom. The third kappa shape index (κ3) is 17.5. The van der Waals surface area contributed by atoms with Gasteiger partial charge < -0.3 is 89.0 Å². The highest BCUT2D eigenvalue weighted by Crippen LogP contribution is 2.37. The number of rotatable bonds is 28. The minimum atomic E-state index is -0.866. The second kappa shape index (κ2) is 35.6. The predicted molar refractivity (Wildman–Crippen MR) is 458 cm³/mol. The number of benzene rings is 6. The molecular weight excluding hydrogens is 1520 g/mol. The summed E-state index contributed by atoms with van der Waals surface area (Å²) in [6.45, 7) is 10.6. The van der Waals surface area contributed by atoms with E-state index in [0.29, 0.717) is 159 Å². The molecule has 4 aromatic heterocycles. The number of hydrogen-bond acceptors (Lipinski definition) is 18. The molecule has 17 rings (SSSR count). The van der Waals surface area contributed by atoms with E-state index >= 15 is 0 Å². The number of piperazine rings is 2. The minimum absolute atomic E-state index is 0.0555. The van der Waals surface area contributed by atoms with Crippen LogP contribution in [0.15, 0.2) is 121 Å². The third-order valence-corrected chi connectivity index (χ3v) is 25.4. The van der Waals surface area contributed by atoms with Gasteiger partial charge >= 0.3 is 0 Å². The Morgan fingerprint density at radius 2 is 0.775 bits per heavy atom. The van der Waals surface area contributed by atoms with Crippen molar-refractivity contribution in [3.63, 3.8) is 0 Å². The molecule has 30 nitrogen and oxygen atoms in total. The molecule has 5 atom stereocenters. The van der Waals surface area contributed by atoms with E-state index in [1.165, 1.54) is 16.3 Å². The van der Waals surface area contributed by atoms with Crippen LogP contribution < -0.4 is 25.0 Å². The fourth-order valence-electron chi connectivity index (χ4n) is 18.7. The van der Waals surface area contributed by atoms with Crippen LogP contribution in [-0.2, 0) is 38.4 Å². The number of nitrogens with one attached hydrogen (secondary N) is 4. The average molecular weight is 1630 g/mol. The van der Waals surface area contributed by atoms with Gasteiger partial charge in [0.1, 0.15) is 65.0 Å². The van der Waals surface area contributed by atoms with Gasteiger partial charge in [-0.25, -0.2) is 19.9 Å². The van der Waals surface area contributed by atoms with Gasteiger partial charge in [0.15, 0.2) is 0 Å². The minimum Gasteiger partial charge on any atom is -0.494 e. The monoisotopic (exact) mass is 1630 g/mol. The average Bonchev–Trinajstić information content (AvgIpc) is 1.64. The molecule has 7 aliphatic rings. The van der Waals surface area contributed by atoms with E-state index in [4.69, 9.17) is 35.1 Å². The molecular formula is C90H108N20O10. The molecule has 6 N–H and O–H groups in total. The Kier molecular flexibility index (Phi) is 23.9. The fraction of sp³-hybridized carbons (Fsp3) is 0.467. The molecule has 8 amide bonds. The van der Waals surface area contributed by atoms with Gasteiger partial charge in [-0.15, -0.1) is 0 Å². The zero-order valence-electron chi connectivity index (χ0n) is 68.8. The van der Waals surface area contributed by atoms with E-state index < -0.39 is 42.0 Å². The maximum absolute atomic E-state index is 14.9. The van der Waals surface area contributed by atoms with E-state index in [0.717, 1.165) is 130 Å². The maximum Gasteiger partial charge on any atom is 0.246 e. The normalized spacial score (nSPS) is 19.9. The topological polar surface area (TPSA) is 331 Å². The number of ether oxygens (including phenoxy) is 2. The third-order valence-electron chi connectivity index (χ3n) is 25.4. The predicted octanol–water partition coefficient (Wildman–Crippen LogP) is 8.89. The van der Waals surface area contributed by atoms with Crippen molar-refractivity contribution < 1.29 is 47.8 Å². The van der Waals surface area contributed by atoms with Crippen LogP contribution in [0.25, 0.3) is 89.7 Å². The largest absolute Gasteiger partial charge is 0.494 e. The van der Waals surface area contributed by atoms with Crippen LogP contribution in [0.3, 0.4) is 0 Å². The Balaban J connectivity index is 0.443. The van der Waals surface area contributed by atoms with Crippen molar-refractivity contribution in [3.8, 4) is 57.1 Å². The molecule has 0 radical (unpaired) electrons. The van der Waals surface area contributed by atoms with Gasteiger partial charge in [-0.3, -0.25) is 38.4 Å². The van der Waals surface area contributed by atoms with E-state index in [1.54, 1.807) is 36.4 Å². The summed E-state index contributed by atoms with van der Waals surface area (Å²) in [6.07, 6.45) is 7.32. The van der Waals surface area contributed by atoms with Crippen molar-refractivity contribution in [2.24, 2.45) is 5.73 Å². The van der Waals surface area contributed by atoms with Crippen LogP contribution in [0.2, 0.25) is 0 Å². The molecule has 7 aliphatic heterocycles. The molecule has 0 bridgehead atoms. The van der Waals surface area contributed by atoms with E-state index in [-0.39, 0.29) is 68.0 Å². The van der Waals surface area contributed by atoms with Crippen molar-refractivity contribution >= 4 is 103 Å². The van der Waals surface area contributed by atoms with Gasteiger partial charge in [0.25, 0.3) is 0 Å². The van der Waals surface area contributed by atoms with Crippen molar-refractivity contribution in [1.29, 1.82) is 0 Å². The standard InChI is InChI=1S/C90H108N20O10/c1-100-41-45-103(46-42-100)62-28-32-68-72(55-62)98-84(94-68)60-26-30-66-70(53-60)96-82(92-66)58-15-6-17-64(51-58)119-49-13-24-80(112)102(3)34-4-5-35-105(57-79(91)111)86(114)74-19-9-37-107(74)88(116)76-21-11-39-109(76)90(118)78-23-12-40-110(78)89(117)77-22-10-38-108(77)87(115)75-20-8-36-106(75)81(113)25-14-50-120-65-18-7-16-59(52-65)83-93-67-31-27-61(54-71(67)97-83)85-95-69-33-29-63(56-73(69)99-85)104-47-43-101(2)44-48-104/h6-7,15-18,26-33,51-56,74-78H,4-5,8-14,19-25,34-50,57H2,1-3H3,(H2,91,111)(H,92,96)(H,93,97)(H,94,98)(H,95,99)/t74-,75-,76-,77-,78-/m0/s1. The Labute approximate surface area is 697 Å². The second-order valence-electron chi connectivity index (χ2n) is 33.5. The molecule has 6 aromatic carbocycles. The number of anilines is 2. The molecule has 0 unspecified atom stereocenters. The zero-order chi connectivity index (χ0) is 82.7. The fourth-order valence-corrected chi connectivity index (χ4v) is 18.7. The highest BCUT2D eigenvalue weighted by Gasteiger charge is 2.49. The number of imidazole rings is 4. The first-order chi connectivity index (χ1) is 58.4. The number of likely N-dealkylation sites (tertiary alicyclic amines) is 5. The quantitative estimate of drug-likeness (QED) is 0.0286. The number of fused-ring (bicyclic) bond motifs is 4. The zero-order valence-corrected chi connectivity index (χ0v) is 68.8. The number of nitrogens with two attached hydrogens (primary N) is 1. The van der Waals surface area contributed by atoms with Crippen LogP contribution in [0.1, 0.15) is 103 Å². The molecule has 0 spiro atoms. The summed E-state index contributed by atoms with van der Waals surface area (Å²) < 4.78 is 12.4. The first-order valence-electron chi connectivity index (χ1n) is 43.0. The summed E-state index contributed by atoms with van der Waals surface area (Å²) in [5.74, 6) is 1.72. The number of unbranched alkanes of at least 4 members (excludes halogenated alkanes) is 1. The highest BCUT2D eigenvalue weighted by molar-refractivity contribution is 5.99. The number of amides is 8. The first-order valence-corrected chi connectivity index (χ1v) is 43.0. The van der Waals surface area contributed by atoms with Crippen LogP contribution >= 0.6 is 0 Å². The number of likely N-dealkylation sites (N-methyl/N-ethyl adjacent to an activating group) is 2. The summed E-state index contributed by atoms with van der Waals surface area (Å²) in [5.41, 5.74) is 18.9. The number of primary amides is 1. The van der Waals surface area contributed by atoms with Crippen molar-refractivity contribution in [1.82, 2.24) is 84.0 Å². The lowest BCUT2D eigenvalue weighted by molar-refractivity contribution is -0.154. The number of carbonyl (C=O) groups excluding carboxylic acids is 8. The maximum atomic E-state index is 14.9. The summed E-state index contributed by atoms with van der Waals surface area (Å²) in [6, 6.07) is 36.4. The molecule has 11 heterocycles. The molecule has 7 fully saturated rings. The molecule has 30 heteroatoms. The summed E-state index contributed by atoms with van der Waals surface area (Å²) in [5, 5.41) is 0. The molecule has 628 valence electrons. The summed E-state index contributed by atoms with van der Waals surface area (Å²) in [7, 11) is 6.06. The molecule has 7 saturated heterocycles. The Bertz CT molecular complexity index is 5470. The Morgan fingerprint density at radius 1 is 0.408 bits per heavy atom. The second-order valence-corrected chi connectivity index (χ2v) is 33.5. The lowest BCUT2D eigenvalue weighted by Gasteiger charge is -2.36. The van der Waals surface area contributed by atoms with Gasteiger partial charge in [-0.1, -0.05) is 24.3 Å². The van der Waals surface area contributed by atoms with E-state index in [2.05, 4.69) is 90.0 Å². The first kappa shape index (κ1) is 80.5. The smallest absolute Gasteiger partial charge is 0.246 e. The van der Waals surface area contributed by atoms with Crippen LogP contribution in [0.4, 0.5) is 11.4 Å². The van der Waals surface area contributed by atoms with E-state index in [1.807, 2.05) is 84.9 Å². The number of carbonyl (C=O) groups is 8. The number of nitrogens with zero attached hydrogens (tertiary/aromatic N) is 15. The molecule has 10 aromatic rings. The summed E-state index contributed by atoms with van der Waals surface area (Å²) >= 11 is 0. The molecule has 0 saturated carbocycles. The number of aromatic nitrogens is 8. The van der Waals surface area contributed by atoms with Crippen molar-refractivity contribution in [2.45, 2.75) is 133 Å². The van der Waals surface area contributed by atoms with Gasteiger partial charge in [0.05, 0.1) is 63.9 Å². The van der Waals surface area contributed by atoms with Crippen LogP contribution in [0, 0.1) is 0 Å². The van der Waals surface area contributed by atoms with Gasteiger partial charge in [0, 0.05) is 152 Å². The number of aromatic amines is 4. The van der Waals surface area contributed by atoms with Crippen LogP contribution in [0.5, 0.6) is 11.5 Å². The van der Waals surface area contributed by atoms with E-state index in [9.17, 15) is 38.4 Å². The highest BCUT2D eigenvalue weighted by atomic mass is 16.5. The number of hydrogen-bond donors (Lipinski definition) is 5. The summed E-state index contributed by atoms with van der Waals surface area (Å²) in [4.78, 5) is 168. The van der Waals surface area contributed by atoms with Crippen molar-refractivity contribution in [3.05, 3.63) is 121 Å². The van der Waals surface area contributed by atoms with Gasteiger partial charge in [-0.2, -0.15) is 0 Å². The Hall–Kier alpha value is -11.9. The SMILES string of the molecule is CN1CCN(c2ccc3[nH]c(-c4ccc5[nH]c(-c6cccc(OCCCC(=O)N(C)CCCCN(CC(N)=O)C(=O)[C@@H]7CCCN7C(=O)[C@@H]7CCCN7C(=O)[C@@H]7CCCN7C(=O)[C@@H]7CCCN7C(=O)[C@@H]7CCCN7C(=O)CCCOc7cccc(-c8nc9cc(-c%10nc%11cc(N%12CCN(C)CC%12)ccc%11[nH]%10)ccc9[nH]8)c7)c6)nc5c4)nc3c2)CC1. The van der Waals surface area contributed by atoms with Gasteiger partial charge in [-0.05, 0) is 201 Å². The van der Waals surface area contributed by atoms with Crippen molar-refractivity contribution in [2.75, 3.05) is 149 Å².